The molecule has 7 heteroatoms. The molecule has 2 rings (SSSR count). The average molecular weight is 291 g/mol. The summed E-state index contributed by atoms with van der Waals surface area (Å²) in [5.74, 6) is -1.70. The molecule has 0 amide bonds. The van der Waals surface area contributed by atoms with Crippen molar-refractivity contribution in [1.82, 2.24) is 0 Å². The van der Waals surface area contributed by atoms with E-state index in [1.54, 1.807) is 0 Å². The largest absolute Gasteiger partial charge is 0.478 e. The van der Waals surface area contributed by atoms with Crippen LogP contribution in [0.2, 0.25) is 0 Å². The van der Waals surface area contributed by atoms with Crippen LogP contribution < -0.4 is 4.74 Å². The Kier molecular flexibility index (Phi) is 3.84. The van der Waals surface area contributed by atoms with Crippen LogP contribution in [0.1, 0.15) is 15.9 Å². The highest BCUT2D eigenvalue weighted by molar-refractivity contribution is 5.88. The van der Waals surface area contributed by atoms with Crippen LogP contribution in [0, 0.1) is 22.9 Å². The molecule has 0 saturated heterocycles. The molecule has 0 saturated carbocycles. The lowest BCUT2D eigenvalue weighted by atomic mass is 10.2. The first-order valence-electron chi connectivity index (χ1n) is 5.84. The van der Waals surface area contributed by atoms with Gasteiger partial charge in [-0.1, -0.05) is 0 Å². The van der Waals surface area contributed by atoms with Gasteiger partial charge in [0.25, 0.3) is 0 Å². The van der Waals surface area contributed by atoms with Crippen LogP contribution in [-0.2, 0) is 0 Å². The first kappa shape index (κ1) is 14.4. The van der Waals surface area contributed by atoms with Gasteiger partial charge >= 0.3 is 11.7 Å². The molecule has 0 aliphatic heterocycles. The van der Waals surface area contributed by atoms with Crippen LogP contribution in [0.15, 0.2) is 36.4 Å². The lowest BCUT2D eigenvalue weighted by Crippen LogP contribution is -2.00. The van der Waals surface area contributed by atoms with Gasteiger partial charge in [-0.25, -0.2) is 9.18 Å². The summed E-state index contributed by atoms with van der Waals surface area (Å²) in [7, 11) is 0. The van der Waals surface area contributed by atoms with Crippen LogP contribution in [0.4, 0.5) is 10.1 Å². The number of aryl methyl sites for hydroxylation is 1. The van der Waals surface area contributed by atoms with Crippen molar-refractivity contribution in [2.75, 3.05) is 0 Å². The van der Waals surface area contributed by atoms with Crippen LogP contribution in [0.3, 0.4) is 0 Å². The minimum atomic E-state index is -1.23. The van der Waals surface area contributed by atoms with Gasteiger partial charge in [0.1, 0.15) is 11.6 Å². The highest BCUT2D eigenvalue weighted by atomic mass is 19.1. The first-order valence-corrected chi connectivity index (χ1v) is 5.84. The zero-order valence-electron chi connectivity index (χ0n) is 10.9. The summed E-state index contributed by atoms with van der Waals surface area (Å²) < 4.78 is 18.5. The Balaban J connectivity index is 2.45. The summed E-state index contributed by atoms with van der Waals surface area (Å²) in [4.78, 5) is 21.2. The molecule has 6 nitrogen and oxygen atoms in total. The van der Waals surface area contributed by atoms with Gasteiger partial charge in [0.05, 0.1) is 10.5 Å². The van der Waals surface area contributed by atoms with E-state index < -0.39 is 16.7 Å². The molecule has 2 aromatic carbocycles. The van der Waals surface area contributed by atoms with Gasteiger partial charge in [-0.15, -0.1) is 0 Å². The van der Waals surface area contributed by atoms with E-state index in [0.29, 0.717) is 5.56 Å². The van der Waals surface area contributed by atoms with Crippen molar-refractivity contribution >= 4 is 11.7 Å². The fourth-order valence-electron chi connectivity index (χ4n) is 1.69. The summed E-state index contributed by atoms with van der Waals surface area (Å²) >= 11 is 0. The zero-order chi connectivity index (χ0) is 15.6. The minimum absolute atomic E-state index is 0.144. The van der Waals surface area contributed by atoms with Gasteiger partial charge < -0.3 is 9.84 Å². The number of ether oxygens (including phenoxy) is 1. The van der Waals surface area contributed by atoms with Gasteiger partial charge in [-0.05, 0) is 36.8 Å². The molecule has 0 spiro atoms. The van der Waals surface area contributed by atoms with E-state index in [9.17, 15) is 19.3 Å². The van der Waals surface area contributed by atoms with Crippen molar-refractivity contribution in [3.63, 3.8) is 0 Å². The first-order chi connectivity index (χ1) is 9.88. The van der Waals surface area contributed by atoms with Gasteiger partial charge in [0.2, 0.25) is 5.75 Å². The summed E-state index contributed by atoms with van der Waals surface area (Å²) in [5, 5.41) is 19.8. The van der Waals surface area contributed by atoms with Gasteiger partial charge in [-0.2, -0.15) is 0 Å². The molecule has 0 aliphatic rings. The van der Waals surface area contributed by atoms with Crippen LogP contribution in [0.5, 0.6) is 11.5 Å². The number of carboxylic acids is 1. The Labute approximate surface area is 118 Å². The Hall–Kier alpha value is -2.96. The molecule has 0 aromatic heterocycles. The molecule has 0 heterocycles. The normalized spacial score (nSPS) is 10.2. The molecular weight excluding hydrogens is 281 g/mol. The fraction of sp³-hybridized carbons (Fsp3) is 0.0714. The number of benzene rings is 2. The fourth-order valence-corrected chi connectivity index (χ4v) is 1.69. The zero-order valence-corrected chi connectivity index (χ0v) is 10.9. The van der Waals surface area contributed by atoms with Crippen LogP contribution >= 0.6 is 0 Å². The SMILES string of the molecule is Cc1cc(Oc2cc(C(=O)O)ccc2[N+](=O)[O-])ccc1F. The van der Waals surface area contributed by atoms with E-state index in [2.05, 4.69) is 0 Å². The molecule has 0 fully saturated rings. The van der Waals surface area contributed by atoms with E-state index in [0.717, 1.165) is 24.3 Å². The number of carboxylic acid groups (broad SMARTS) is 1. The molecule has 0 bridgehead atoms. The maximum Gasteiger partial charge on any atom is 0.335 e. The monoisotopic (exact) mass is 291 g/mol. The van der Waals surface area contributed by atoms with Crippen molar-refractivity contribution in [2.24, 2.45) is 0 Å². The number of halogens is 1. The molecule has 0 atom stereocenters. The summed E-state index contributed by atoms with van der Waals surface area (Å²) in [5.41, 5.74) is -0.207. The number of nitro groups is 1. The number of aromatic carboxylic acids is 1. The number of nitrogens with zero attached hydrogens (tertiary/aromatic N) is 1. The maximum atomic E-state index is 13.2. The summed E-state index contributed by atoms with van der Waals surface area (Å²) in [6.07, 6.45) is 0. The average Bonchev–Trinajstić information content (AvgIpc) is 2.42. The van der Waals surface area contributed by atoms with Crippen molar-refractivity contribution in [2.45, 2.75) is 6.92 Å². The Morgan fingerprint density at radius 1 is 1.29 bits per heavy atom. The summed E-state index contributed by atoms with van der Waals surface area (Å²) in [6, 6.07) is 7.06. The number of rotatable bonds is 4. The van der Waals surface area contributed by atoms with Gasteiger partial charge in [0, 0.05) is 12.1 Å². The standard InChI is InChI=1S/C14H10FNO5/c1-8-6-10(3-4-11(8)15)21-13-7-9(14(17)18)2-5-12(13)16(19)20/h2-7H,1H3,(H,17,18). The molecule has 1 N–H and O–H groups in total. The molecular formula is C14H10FNO5. The van der Waals surface area contributed by atoms with Crippen LogP contribution in [-0.4, -0.2) is 16.0 Å². The number of hydrogen-bond donors (Lipinski definition) is 1. The third-order valence-corrected chi connectivity index (χ3v) is 2.76. The van der Waals surface area contributed by atoms with Crippen LogP contribution in [0.25, 0.3) is 0 Å². The molecule has 0 unspecified atom stereocenters. The van der Waals surface area contributed by atoms with Crippen molar-refractivity contribution < 1.29 is 24.0 Å². The van der Waals surface area contributed by atoms with E-state index >= 15 is 0 Å². The van der Waals surface area contributed by atoms with Crippen molar-refractivity contribution in [1.29, 1.82) is 0 Å². The highest BCUT2D eigenvalue weighted by Gasteiger charge is 2.18. The topological polar surface area (TPSA) is 89.7 Å². The van der Waals surface area contributed by atoms with Crippen molar-refractivity contribution in [3.05, 3.63) is 63.5 Å². The predicted octanol–water partition coefficient (Wildman–Crippen LogP) is 3.53. The number of nitro benzene ring substituents is 1. The van der Waals surface area contributed by atoms with E-state index in [1.165, 1.54) is 19.1 Å². The van der Waals surface area contributed by atoms with E-state index in [1.807, 2.05) is 0 Å². The minimum Gasteiger partial charge on any atom is -0.478 e. The molecule has 2 aromatic rings. The number of carbonyl (C=O) groups is 1. The third kappa shape index (κ3) is 3.14. The second-order valence-corrected chi connectivity index (χ2v) is 4.26. The Morgan fingerprint density at radius 3 is 2.57 bits per heavy atom. The Morgan fingerprint density at radius 2 is 2.00 bits per heavy atom. The molecule has 108 valence electrons. The third-order valence-electron chi connectivity index (χ3n) is 2.76. The molecule has 0 radical (unpaired) electrons. The molecule has 0 aliphatic carbocycles. The summed E-state index contributed by atoms with van der Waals surface area (Å²) in [6.45, 7) is 1.52. The Bertz CT molecular complexity index is 729. The quantitative estimate of drug-likeness (QED) is 0.687. The second kappa shape index (κ2) is 5.58. The lowest BCUT2D eigenvalue weighted by molar-refractivity contribution is -0.385. The predicted molar refractivity (Wildman–Crippen MR) is 71.3 cm³/mol. The smallest absolute Gasteiger partial charge is 0.335 e. The molecule has 21 heavy (non-hydrogen) atoms. The second-order valence-electron chi connectivity index (χ2n) is 4.26. The number of hydrogen-bond acceptors (Lipinski definition) is 4. The van der Waals surface area contributed by atoms with Gasteiger partial charge in [-0.3, -0.25) is 10.1 Å². The maximum absolute atomic E-state index is 13.2. The van der Waals surface area contributed by atoms with Gasteiger partial charge in [0.15, 0.2) is 0 Å². The highest BCUT2D eigenvalue weighted by Crippen LogP contribution is 2.32. The van der Waals surface area contributed by atoms with Crippen molar-refractivity contribution in [3.8, 4) is 11.5 Å². The van der Waals surface area contributed by atoms with E-state index in [-0.39, 0.29) is 22.7 Å². The van der Waals surface area contributed by atoms with E-state index in [4.69, 9.17) is 9.84 Å². The lowest BCUT2D eigenvalue weighted by Gasteiger charge is -2.08.